The lowest BCUT2D eigenvalue weighted by molar-refractivity contribution is -0.122. The first-order valence-electron chi connectivity index (χ1n) is 7.79. The normalized spacial score (nSPS) is 16.3. The number of hydrogen-bond donors (Lipinski definition) is 0. The molecule has 4 nitrogen and oxygen atoms in total. The number of fused-ring (bicyclic) bond motifs is 1. The van der Waals surface area contributed by atoms with E-state index in [1.165, 1.54) is 7.11 Å². The van der Waals surface area contributed by atoms with Crippen LogP contribution < -0.4 is 4.90 Å². The maximum atomic E-state index is 12.3. The number of ether oxygens (including phenoxy) is 1. The highest BCUT2D eigenvalue weighted by Crippen LogP contribution is 2.41. The molecular weight excluding hydrogens is 278 g/mol. The van der Waals surface area contributed by atoms with Crippen molar-refractivity contribution in [3.8, 4) is 0 Å². The van der Waals surface area contributed by atoms with Crippen molar-refractivity contribution in [2.75, 3.05) is 25.2 Å². The lowest BCUT2D eigenvalue weighted by Crippen LogP contribution is -2.42. The zero-order valence-corrected chi connectivity index (χ0v) is 14.2. The lowest BCUT2D eigenvalue weighted by atomic mass is 9.76. The number of ketones is 1. The highest BCUT2D eigenvalue weighted by Gasteiger charge is 2.34. The summed E-state index contributed by atoms with van der Waals surface area (Å²) in [6.45, 7) is 8.73. The average Bonchev–Trinajstić information content (AvgIpc) is 2.46. The highest BCUT2D eigenvalue weighted by molar-refractivity contribution is 6.00. The summed E-state index contributed by atoms with van der Waals surface area (Å²) in [6, 6.07) is 4.00. The van der Waals surface area contributed by atoms with Gasteiger partial charge in [-0.1, -0.05) is 26.8 Å². The van der Waals surface area contributed by atoms with Gasteiger partial charge in [0.05, 0.1) is 0 Å². The van der Waals surface area contributed by atoms with Crippen LogP contribution in [0.1, 0.15) is 55.6 Å². The van der Waals surface area contributed by atoms with Crippen LogP contribution in [0.3, 0.4) is 0 Å². The van der Waals surface area contributed by atoms with E-state index in [9.17, 15) is 9.59 Å². The zero-order chi connectivity index (χ0) is 16.5. The number of anilines is 1. The molecule has 0 saturated heterocycles. The first-order chi connectivity index (χ1) is 10.3. The number of benzene rings is 1. The second-order valence-corrected chi connectivity index (χ2v) is 6.55. The van der Waals surface area contributed by atoms with Crippen LogP contribution in [0.5, 0.6) is 0 Å². The van der Waals surface area contributed by atoms with E-state index < -0.39 is 0 Å². The molecule has 120 valence electrons. The van der Waals surface area contributed by atoms with E-state index in [0.29, 0.717) is 12.1 Å². The number of carbonyl (C=O) groups is 2. The van der Waals surface area contributed by atoms with Crippen LogP contribution in [0, 0.1) is 0 Å². The zero-order valence-electron chi connectivity index (χ0n) is 14.2. The van der Waals surface area contributed by atoms with Crippen LogP contribution in [-0.2, 0) is 21.4 Å². The molecule has 1 amide bonds. The highest BCUT2D eigenvalue weighted by atomic mass is 16.5. The summed E-state index contributed by atoms with van der Waals surface area (Å²) < 4.78 is 4.99. The topological polar surface area (TPSA) is 46.6 Å². The van der Waals surface area contributed by atoms with E-state index in [1.54, 1.807) is 11.8 Å². The maximum absolute atomic E-state index is 12.3. The van der Waals surface area contributed by atoms with Crippen LogP contribution in [0.15, 0.2) is 12.1 Å². The Morgan fingerprint density at radius 1 is 1.32 bits per heavy atom. The first-order valence-corrected chi connectivity index (χ1v) is 7.79. The smallest absolute Gasteiger partial charge is 0.252 e. The van der Waals surface area contributed by atoms with E-state index in [-0.39, 0.29) is 23.7 Å². The molecule has 1 heterocycles. The predicted molar refractivity (Wildman–Crippen MR) is 87.7 cm³/mol. The second-order valence-electron chi connectivity index (χ2n) is 6.55. The molecule has 0 aromatic heterocycles. The number of nitrogens with zero attached hydrogens (tertiary/aromatic N) is 1. The molecule has 0 bridgehead atoms. The Labute approximate surface area is 132 Å². The summed E-state index contributed by atoms with van der Waals surface area (Å²) >= 11 is 0. The van der Waals surface area contributed by atoms with Crippen LogP contribution >= 0.6 is 0 Å². The second kappa shape index (κ2) is 6.21. The summed E-state index contributed by atoms with van der Waals surface area (Å²) in [5.74, 6) is -0.0137. The van der Waals surface area contributed by atoms with E-state index in [0.717, 1.165) is 29.7 Å². The molecule has 0 N–H and O–H groups in total. The van der Waals surface area contributed by atoms with Crippen LogP contribution in [0.25, 0.3) is 0 Å². The number of aryl methyl sites for hydroxylation is 1. The van der Waals surface area contributed by atoms with Gasteiger partial charge in [-0.05, 0) is 42.4 Å². The Morgan fingerprint density at radius 2 is 2.00 bits per heavy atom. The van der Waals surface area contributed by atoms with Gasteiger partial charge < -0.3 is 9.64 Å². The van der Waals surface area contributed by atoms with E-state index >= 15 is 0 Å². The van der Waals surface area contributed by atoms with Crippen molar-refractivity contribution in [1.29, 1.82) is 0 Å². The van der Waals surface area contributed by atoms with Crippen molar-refractivity contribution in [3.05, 3.63) is 28.8 Å². The Morgan fingerprint density at radius 3 is 2.55 bits per heavy atom. The van der Waals surface area contributed by atoms with Gasteiger partial charge in [-0.2, -0.15) is 0 Å². The maximum Gasteiger partial charge on any atom is 0.252 e. The van der Waals surface area contributed by atoms with Crippen molar-refractivity contribution in [3.63, 3.8) is 0 Å². The molecule has 1 aromatic carbocycles. The van der Waals surface area contributed by atoms with E-state index in [4.69, 9.17) is 4.74 Å². The molecule has 0 radical (unpaired) electrons. The number of hydrogen-bond acceptors (Lipinski definition) is 3. The molecule has 0 atom stereocenters. The Bertz CT molecular complexity index is 605. The molecule has 1 aliphatic rings. The number of Topliss-reactive ketones (excluding diaryl/α,β-unsaturated/α-hetero) is 1. The van der Waals surface area contributed by atoms with Gasteiger partial charge in [-0.25, -0.2) is 0 Å². The third-order valence-corrected chi connectivity index (χ3v) is 4.53. The molecule has 2 rings (SSSR count). The Balaban J connectivity index is 2.62. The number of rotatable bonds is 4. The number of amides is 1. The van der Waals surface area contributed by atoms with Gasteiger partial charge in [0.2, 0.25) is 0 Å². The molecule has 4 heteroatoms. The largest absolute Gasteiger partial charge is 0.375 e. The van der Waals surface area contributed by atoms with Gasteiger partial charge in [0.1, 0.15) is 6.61 Å². The fourth-order valence-electron chi connectivity index (χ4n) is 3.13. The van der Waals surface area contributed by atoms with E-state index in [2.05, 4.69) is 26.8 Å². The SMILES string of the molecule is CCc1cc2c(cc1C(C)=O)N(C(=O)COC)CCC2(C)C. The monoisotopic (exact) mass is 303 g/mol. The number of methoxy groups -OCH3 is 1. The molecule has 0 saturated carbocycles. The first kappa shape index (κ1) is 16.7. The summed E-state index contributed by atoms with van der Waals surface area (Å²) in [4.78, 5) is 26.0. The molecule has 0 unspecified atom stereocenters. The Hall–Kier alpha value is -1.68. The molecule has 22 heavy (non-hydrogen) atoms. The van der Waals surface area contributed by atoms with Crippen molar-refractivity contribution < 1.29 is 14.3 Å². The molecular formula is C18H25NO3. The fraction of sp³-hybridized carbons (Fsp3) is 0.556. The summed E-state index contributed by atoms with van der Waals surface area (Å²) in [7, 11) is 1.52. The van der Waals surface area contributed by atoms with Crippen LogP contribution in [0.4, 0.5) is 5.69 Å². The summed E-state index contributed by atoms with van der Waals surface area (Å²) in [5, 5.41) is 0. The quantitative estimate of drug-likeness (QED) is 0.803. The summed E-state index contributed by atoms with van der Waals surface area (Å²) in [6.07, 6.45) is 1.71. The minimum Gasteiger partial charge on any atom is -0.375 e. The fourth-order valence-corrected chi connectivity index (χ4v) is 3.13. The molecule has 0 spiro atoms. The average molecular weight is 303 g/mol. The van der Waals surface area contributed by atoms with Crippen molar-refractivity contribution in [1.82, 2.24) is 0 Å². The molecule has 0 aliphatic carbocycles. The third-order valence-electron chi connectivity index (χ3n) is 4.53. The minimum absolute atomic E-state index is 0.00156. The lowest BCUT2D eigenvalue weighted by Gasteiger charge is -2.39. The standard InChI is InChI=1S/C18H25NO3/c1-6-13-9-15-16(10-14(13)12(2)20)19(17(21)11-22-5)8-7-18(15,3)4/h9-10H,6-8,11H2,1-5H3. The third kappa shape index (κ3) is 2.93. The van der Waals surface area contributed by atoms with Crippen LogP contribution in [0.2, 0.25) is 0 Å². The van der Waals surface area contributed by atoms with Crippen LogP contribution in [-0.4, -0.2) is 32.0 Å². The minimum atomic E-state index is -0.0574. The number of carbonyl (C=O) groups excluding carboxylic acids is 2. The predicted octanol–water partition coefficient (Wildman–Crippen LogP) is 3.11. The van der Waals surface area contributed by atoms with E-state index in [1.807, 2.05) is 6.07 Å². The molecule has 0 fully saturated rings. The van der Waals surface area contributed by atoms with Crippen molar-refractivity contribution in [2.24, 2.45) is 0 Å². The molecule has 1 aliphatic heterocycles. The van der Waals surface area contributed by atoms with Crippen molar-refractivity contribution in [2.45, 2.75) is 46.0 Å². The van der Waals surface area contributed by atoms with Gasteiger partial charge in [0, 0.05) is 24.9 Å². The Kier molecular flexibility index (Phi) is 4.71. The van der Waals surface area contributed by atoms with Crippen molar-refractivity contribution >= 4 is 17.4 Å². The summed E-state index contributed by atoms with van der Waals surface area (Å²) in [5.41, 5.74) is 3.78. The van der Waals surface area contributed by atoms with Gasteiger partial charge in [0.25, 0.3) is 5.91 Å². The molecule has 1 aromatic rings. The van der Waals surface area contributed by atoms with Gasteiger partial charge >= 0.3 is 0 Å². The van der Waals surface area contributed by atoms with Gasteiger partial charge in [-0.15, -0.1) is 0 Å². The van der Waals surface area contributed by atoms with Gasteiger partial charge in [-0.3, -0.25) is 9.59 Å². The van der Waals surface area contributed by atoms with Gasteiger partial charge in [0.15, 0.2) is 5.78 Å².